The van der Waals surface area contributed by atoms with E-state index in [2.05, 4.69) is 24.2 Å². The number of carbonyl (C=O) groups excluding carboxylic acids is 2. The Labute approximate surface area is 244 Å². The molecule has 9 nitrogen and oxygen atoms in total. The summed E-state index contributed by atoms with van der Waals surface area (Å²) in [7, 11) is 3.89. The van der Waals surface area contributed by atoms with Crippen LogP contribution in [-0.2, 0) is 35.6 Å². The van der Waals surface area contributed by atoms with Gasteiger partial charge in [-0.05, 0) is 105 Å². The summed E-state index contributed by atoms with van der Waals surface area (Å²) in [6.07, 6.45) is 3.21. The highest BCUT2D eigenvalue weighted by atomic mass is 16.6. The Balaban J connectivity index is 1.71. The molecule has 1 aromatic rings. The van der Waals surface area contributed by atoms with E-state index >= 15 is 0 Å². The van der Waals surface area contributed by atoms with Crippen LogP contribution in [0, 0.1) is 5.92 Å². The number of nitrogens with one attached hydrogen (secondary N) is 1. The number of nitrogens with zero attached hydrogens (tertiary/aromatic N) is 1. The highest BCUT2D eigenvalue weighted by Crippen LogP contribution is 2.64. The molecule has 0 radical (unpaired) electrons. The van der Waals surface area contributed by atoms with Gasteiger partial charge in [0.15, 0.2) is 11.5 Å². The quantitative estimate of drug-likeness (QED) is 0.325. The average molecular weight is 575 g/mol. The zero-order chi connectivity index (χ0) is 30.5. The van der Waals surface area contributed by atoms with E-state index in [0.717, 1.165) is 36.9 Å². The van der Waals surface area contributed by atoms with Gasteiger partial charge in [-0.15, -0.1) is 0 Å². The van der Waals surface area contributed by atoms with Crippen molar-refractivity contribution < 1.29 is 34.0 Å². The van der Waals surface area contributed by atoms with Gasteiger partial charge < -0.3 is 34.6 Å². The maximum Gasteiger partial charge on any atom is 0.323 e. The molecular formula is C32H50N2O7. The van der Waals surface area contributed by atoms with Crippen LogP contribution in [0.25, 0.3) is 0 Å². The minimum atomic E-state index is -0.719. The van der Waals surface area contributed by atoms with Gasteiger partial charge in [0.25, 0.3) is 0 Å². The first kappa shape index (κ1) is 31.6. The fourth-order valence-corrected chi connectivity index (χ4v) is 7.93. The van der Waals surface area contributed by atoms with Crippen molar-refractivity contribution in [3.63, 3.8) is 0 Å². The fraction of sp³-hybridized carbons (Fsp3) is 0.750. The van der Waals surface area contributed by atoms with E-state index in [9.17, 15) is 19.8 Å². The summed E-state index contributed by atoms with van der Waals surface area (Å²) in [5.74, 6) is -1.05. The van der Waals surface area contributed by atoms with Crippen LogP contribution in [0.15, 0.2) is 12.1 Å². The van der Waals surface area contributed by atoms with Crippen molar-refractivity contribution in [3.05, 3.63) is 23.3 Å². The van der Waals surface area contributed by atoms with Gasteiger partial charge in [-0.2, -0.15) is 0 Å². The normalized spacial score (nSPS) is 30.6. The monoisotopic (exact) mass is 574 g/mol. The molecule has 230 valence electrons. The summed E-state index contributed by atoms with van der Waals surface area (Å²) in [6, 6.07) is 2.75. The molecule has 1 saturated carbocycles. The second kappa shape index (κ2) is 11.0. The summed E-state index contributed by atoms with van der Waals surface area (Å²) in [4.78, 5) is 28.4. The lowest BCUT2D eigenvalue weighted by Gasteiger charge is -2.68. The lowest BCUT2D eigenvalue weighted by molar-refractivity contribution is -0.202. The first-order valence-electron chi connectivity index (χ1n) is 15.0. The molecule has 3 aliphatic rings. The molecule has 41 heavy (non-hydrogen) atoms. The van der Waals surface area contributed by atoms with Crippen LogP contribution in [0.1, 0.15) is 91.7 Å². The Hall–Kier alpha value is -2.36. The molecule has 4 rings (SSSR count). The Morgan fingerprint density at radius 1 is 1.10 bits per heavy atom. The maximum atomic E-state index is 13.5. The van der Waals surface area contributed by atoms with Gasteiger partial charge in [-0.3, -0.25) is 9.59 Å². The molecule has 0 aromatic heterocycles. The molecule has 1 aliphatic heterocycles. The molecule has 1 saturated heterocycles. The number of phenols is 2. The summed E-state index contributed by atoms with van der Waals surface area (Å²) >= 11 is 0. The van der Waals surface area contributed by atoms with E-state index in [1.165, 1.54) is 0 Å². The summed E-state index contributed by atoms with van der Waals surface area (Å²) < 4.78 is 17.8. The fourth-order valence-electron chi connectivity index (χ4n) is 7.93. The lowest BCUT2D eigenvalue weighted by atomic mass is 9.45. The number of likely N-dealkylation sites (N-methyl/N-ethyl adjacent to an activating group) is 1. The number of phenolic OH excluding ortho intramolecular Hbond substituents is 2. The molecule has 0 amide bonds. The van der Waals surface area contributed by atoms with Crippen LogP contribution in [0.3, 0.4) is 0 Å². The number of ether oxygens (including phenoxy) is 3. The molecule has 3 N–H and O–H groups in total. The Morgan fingerprint density at radius 2 is 1.76 bits per heavy atom. The van der Waals surface area contributed by atoms with E-state index in [4.69, 9.17) is 14.2 Å². The third-order valence-corrected chi connectivity index (χ3v) is 9.52. The molecule has 6 atom stereocenters. The number of fused-ring (bicyclic) bond motifs is 1. The number of hydrogen-bond acceptors (Lipinski definition) is 9. The molecule has 2 bridgehead atoms. The number of hydrogen-bond donors (Lipinski definition) is 3. The molecule has 2 aliphatic carbocycles. The molecular weight excluding hydrogens is 524 g/mol. The summed E-state index contributed by atoms with van der Waals surface area (Å²) in [6.45, 7) is 13.9. The number of aromatic hydroxyl groups is 2. The number of methoxy groups -OCH3 is 1. The highest BCUT2D eigenvalue weighted by molar-refractivity contribution is 5.78. The minimum absolute atomic E-state index is 0.0759. The van der Waals surface area contributed by atoms with Gasteiger partial charge in [-0.1, -0.05) is 13.0 Å². The number of carbonyl (C=O) groups is 2. The van der Waals surface area contributed by atoms with Crippen molar-refractivity contribution >= 4 is 11.9 Å². The lowest BCUT2D eigenvalue weighted by Crippen LogP contribution is -2.77. The van der Waals surface area contributed by atoms with Gasteiger partial charge in [0.05, 0.1) is 5.60 Å². The van der Waals surface area contributed by atoms with Crippen LogP contribution in [0.2, 0.25) is 0 Å². The SMILES string of the molecule is CO[C@@]12CCC(N[C@@H](CCC(=O)OC(C)(C)C)C(=O)OC(C)(C)C)[C@H](C)[C@@]13CCN(C)C2Cc1ccc(O)c(O)c13. The van der Waals surface area contributed by atoms with Crippen LogP contribution in [-0.4, -0.2) is 82.7 Å². The second-order valence-corrected chi connectivity index (χ2v) is 14.3. The molecule has 2 unspecified atom stereocenters. The highest BCUT2D eigenvalue weighted by Gasteiger charge is 2.69. The predicted molar refractivity (Wildman–Crippen MR) is 156 cm³/mol. The Kier molecular flexibility index (Phi) is 8.51. The van der Waals surface area contributed by atoms with Crippen LogP contribution >= 0.6 is 0 Å². The van der Waals surface area contributed by atoms with Gasteiger partial charge in [0.1, 0.15) is 17.2 Å². The van der Waals surface area contributed by atoms with Crippen molar-refractivity contribution in [2.75, 3.05) is 20.7 Å². The minimum Gasteiger partial charge on any atom is -0.504 e. The second-order valence-electron chi connectivity index (χ2n) is 14.3. The van der Waals surface area contributed by atoms with E-state index in [1.807, 2.05) is 47.6 Å². The first-order valence-corrected chi connectivity index (χ1v) is 15.0. The van der Waals surface area contributed by atoms with Crippen molar-refractivity contribution in [2.45, 2.75) is 127 Å². The molecule has 9 heteroatoms. The standard InChI is InChI=1S/C32H50N2O7/c1-19-21(33-22(28(38)41-30(5,6)7)11-13-25(36)40-29(2,3)4)14-15-32(39-9)24-18-20-10-12-23(35)27(37)26(20)31(19,32)16-17-34(24)8/h10,12,19,21-22,24,33,35,37H,11,13-18H2,1-9H3/t19-,21?,22-,24?,31+,32+/m0/s1. The number of likely N-dealkylation sites (tertiary alicyclic amines) is 1. The average Bonchev–Trinajstić information content (AvgIpc) is 2.85. The van der Waals surface area contributed by atoms with Crippen LogP contribution < -0.4 is 5.32 Å². The largest absolute Gasteiger partial charge is 0.504 e. The topological polar surface area (TPSA) is 118 Å². The van der Waals surface area contributed by atoms with Gasteiger partial charge in [-0.25, -0.2) is 0 Å². The number of esters is 2. The third kappa shape index (κ3) is 5.69. The van der Waals surface area contributed by atoms with E-state index in [1.54, 1.807) is 13.2 Å². The van der Waals surface area contributed by atoms with Crippen molar-refractivity contribution in [3.8, 4) is 11.5 Å². The third-order valence-electron chi connectivity index (χ3n) is 9.52. The predicted octanol–water partition coefficient (Wildman–Crippen LogP) is 4.20. The first-order chi connectivity index (χ1) is 19.0. The van der Waals surface area contributed by atoms with Crippen LogP contribution in [0.4, 0.5) is 0 Å². The van der Waals surface area contributed by atoms with Gasteiger partial charge in [0.2, 0.25) is 0 Å². The molecule has 1 heterocycles. The Morgan fingerprint density at radius 3 is 2.37 bits per heavy atom. The van der Waals surface area contributed by atoms with Crippen LogP contribution in [0.5, 0.6) is 11.5 Å². The maximum absolute atomic E-state index is 13.5. The molecule has 2 fully saturated rings. The summed E-state index contributed by atoms with van der Waals surface area (Å²) in [5, 5.41) is 25.6. The van der Waals surface area contributed by atoms with Crippen molar-refractivity contribution in [2.24, 2.45) is 5.92 Å². The van der Waals surface area contributed by atoms with Gasteiger partial charge in [0, 0.05) is 36.6 Å². The zero-order valence-electron chi connectivity index (χ0n) is 26.3. The number of benzene rings is 1. The van der Waals surface area contributed by atoms with E-state index in [0.29, 0.717) is 6.42 Å². The summed E-state index contributed by atoms with van der Waals surface area (Å²) in [5.41, 5.74) is -0.685. The molecule has 1 aromatic carbocycles. The van der Waals surface area contributed by atoms with Crippen molar-refractivity contribution in [1.82, 2.24) is 10.2 Å². The Bertz CT molecular complexity index is 1160. The number of piperidine rings is 1. The van der Waals surface area contributed by atoms with Crippen molar-refractivity contribution in [1.29, 1.82) is 0 Å². The van der Waals surface area contributed by atoms with E-state index < -0.39 is 34.2 Å². The van der Waals surface area contributed by atoms with Gasteiger partial charge >= 0.3 is 11.9 Å². The zero-order valence-corrected chi connectivity index (χ0v) is 26.3. The van der Waals surface area contributed by atoms with E-state index in [-0.39, 0.29) is 48.3 Å². The smallest absolute Gasteiger partial charge is 0.323 e. The molecule has 0 spiro atoms. The number of rotatable bonds is 7.